The van der Waals surface area contributed by atoms with Gasteiger partial charge >= 0.3 is 0 Å². The minimum Gasteiger partial charge on any atom is -0.385 e. The second-order valence-electron chi connectivity index (χ2n) is 3.89. The fraction of sp³-hybridized carbons (Fsp3) is 0.143. The summed E-state index contributed by atoms with van der Waals surface area (Å²) in [7, 11) is 0. The molecule has 0 unspecified atom stereocenters. The topological polar surface area (TPSA) is 54.0 Å². The Kier molecular flexibility index (Phi) is 4.36. The van der Waals surface area contributed by atoms with E-state index in [4.69, 9.17) is 11.6 Å². The molecule has 1 aromatic carbocycles. The van der Waals surface area contributed by atoms with Crippen molar-refractivity contribution in [2.45, 2.75) is 6.92 Å². The molecule has 0 saturated heterocycles. The van der Waals surface area contributed by atoms with Crippen LogP contribution in [0.25, 0.3) is 0 Å². The molecule has 1 aromatic heterocycles. The van der Waals surface area contributed by atoms with Gasteiger partial charge in [0.2, 0.25) is 0 Å². The Bertz CT molecular complexity index is 586. The van der Waals surface area contributed by atoms with Gasteiger partial charge in [0, 0.05) is 18.4 Å². The molecule has 2 N–H and O–H groups in total. The number of benzene rings is 1. The van der Waals surface area contributed by atoms with Crippen molar-refractivity contribution in [2.75, 3.05) is 17.2 Å². The van der Waals surface area contributed by atoms with Gasteiger partial charge in [0.05, 0.1) is 10.7 Å². The molecule has 2 aromatic rings. The van der Waals surface area contributed by atoms with E-state index in [1.807, 2.05) is 25.1 Å². The zero-order valence-electron chi connectivity index (χ0n) is 10.5. The predicted octanol–water partition coefficient (Wildman–Crippen LogP) is 3.42. The molecule has 0 aliphatic carbocycles. The number of rotatable bonds is 4. The van der Waals surface area contributed by atoms with Crippen LogP contribution in [0.1, 0.15) is 17.4 Å². The average molecular weight is 276 g/mol. The molecule has 2 rings (SSSR count). The summed E-state index contributed by atoms with van der Waals surface area (Å²) in [6.45, 7) is 2.78. The number of nitrogens with zero attached hydrogens (tertiary/aromatic N) is 1. The molecule has 0 radical (unpaired) electrons. The summed E-state index contributed by atoms with van der Waals surface area (Å²) in [5, 5.41) is 6.37. The second-order valence-corrected chi connectivity index (χ2v) is 4.30. The first kappa shape index (κ1) is 13.4. The first-order chi connectivity index (χ1) is 9.20. The Labute approximate surface area is 116 Å². The number of carbonyl (C=O) groups excluding carboxylic acids is 1. The van der Waals surface area contributed by atoms with Gasteiger partial charge in [-0.05, 0) is 31.2 Å². The molecule has 98 valence electrons. The van der Waals surface area contributed by atoms with Crippen molar-refractivity contribution in [3.63, 3.8) is 0 Å². The van der Waals surface area contributed by atoms with Gasteiger partial charge in [-0.2, -0.15) is 0 Å². The molecule has 0 bridgehead atoms. The molecule has 0 atom stereocenters. The van der Waals surface area contributed by atoms with E-state index in [1.54, 1.807) is 24.4 Å². The molecular formula is C14H14ClN3O. The number of hydrogen-bond donors (Lipinski definition) is 2. The fourth-order valence-electron chi connectivity index (χ4n) is 1.62. The first-order valence-electron chi connectivity index (χ1n) is 5.96. The summed E-state index contributed by atoms with van der Waals surface area (Å²) in [5.74, 6) is -0.284. The Morgan fingerprint density at radius 1 is 1.32 bits per heavy atom. The van der Waals surface area contributed by atoms with Crippen LogP contribution in [-0.4, -0.2) is 17.4 Å². The summed E-state index contributed by atoms with van der Waals surface area (Å²) >= 11 is 5.99. The second kappa shape index (κ2) is 6.20. The summed E-state index contributed by atoms with van der Waals surface area (Å²) in [6.07, 6.45) is 1.60. The van der Waals surface area contributed by atoms with Crippen LogP contribution >= 0.6 is 11.6 Å². The lowest BCUT2D eigenvalue weighted by atomic mass is 10.2. The quantitative estimate of drug-likeness (QED) is 0.899. The lowest BCUT2D eigenvalue weighted by molar-refractivity contribution is 0.102. The number of carbonyl (C=O) groups is 1. The van der Waals surface area contributed by atoms with E-state index in [0.29, 0.717) is 16.4 Å². The number of pyridine rings is 1. The number of aromatic nitrogens is 1. The van der Waals surface area contributed by atoms with Crippen LogP contribution in [0, 0.1) is 0 Å². The number of para-hydroxylation sites is 1. The van der Waals surface area contributed by atoms with Crippen molar-refractivity contribution in [3.8, 4) is 0 Å². The first-order valence-corrected chi connectivity index (χ1v) is 6.34. The largest absolute Gasteiger partial charge is 0.385 e. The SMILES string of the molecule is CCNc1ccnc(C(=O)Nc2ccccc2Cl)c1. The zero-order valence-corrected chi connectivity index (χ0v) is 11.2. The van der Waals surface area contributed by atoms with E-state index in [-0.39, 0.29) is 5.91 Å². The van der Waals surface area contributed by atoms with Gasteiger partial charge in [-0.1, -0.05) is 23.7 Å². The minimum atomic E-state index is -0.284. The van der Waals surface area contributed by atoms with Gasteiger partial charge in [0.15, 0.2) is 0 Å². The molecule has 1 heterocycles. The molecule has 0 fully saturated rings. The van der Waals surface area contributed by atoms with Crippen LogP contribution in [0.2, 0.25) is 5.02 Å². The molecular weight excluding hydrogens is 262 g/mol. The van der Waals surface area contributed by atoms with E-state index in [2.05, 4.69) is 15.6 Å². The van der Waals surface area contributed by atoms with E-state index in [9.17, 15) is 4.79 Å². The Hall–Kier alpha value is -2.07. The van der Waals surface area contributed by atoms with E-state index < -0.39 is 0 Å². The van der Waals surface area contributed by atoms with Gasteiger partial charge < -0.3 is 10.6 Å². The highest BCUT2D eigenvalue weighted by Gasteiger charge is 2.09. The van der Waals surface area contributed by atoms with Crippen molar-refractivity contribution >= 4 is 28.9 Å². The third-order valence-corrected chi connectivity index (χ3v) is 2.83. The molecule has 4 nitrogen and oxygen atoms in total. The Balaban J connectivity index is 2.16. The maximum absolute atomic E-state index is 12.1. The molecule has 19 heavy (non-hydrogen) atoms. The maximum atomic E-state index is 12.1. The monoisotopic (exact) mass is 275 g/mol. The summed E-state index contributed by atoms with van der Waals surface area (Å²) < 4.78 is 0. The van der Waals surface area contributed by atoms with E-state index >= 15 is 0 Å². The van der Waals surface area contributed by atoms with Crippen LogP contribution in [0.4, 0.5) is 11.4 Å². The lowest BCUT2D eigenvalue weighted by Gasteiger charge is -2.08. The van der Waals surface area contributed by atoms with Crippen molar-refractivity contribution in [1.29, 1.82) is 0 Å². The molecule has 0 aliphatic heterocycles. The third kappa shape index (κ3) is 3.45. The van der Waals surface area contributed by atoms with Crippen LogP contribution in [0.5, 0.6) is 0 Å². The summed E-state index contributed by atoms with van der Waals surface area (Å²) in [6, 6.07) is 10.6. The van der Waals surface area contributed by atoms with Crippen molar-refractivity contribution in [1.82, 2.24) is 4.98 Å². The smallest absolute Gasteiger partial charge is 0.274 e. The minimum absolute atomic E-state index is 0.284. The maximum Gasteiger partial charge on any atom is 0.274 e. The van der Waals surface area contributed by atoms with Crippen molar-refractivity contribution < 1.29 is 4.79 Å². The lowest BCUT2D eigenvalue weighted by Crippen LogP contribution is -2.14. The third-order valence-electron chi connectivity index (χ3n) is 2.50. The highest BCUT2D eigenvalue weighted by molar-refractivity contribution is 6.33. The van der Waals surface area contributed by atoms with Gasteiger partial charge in [-0.25, -0.2) is 0 Å². The van der Waals surface area contributed by atoms with Gasteiger partial charge in [-0.3, -0.25) is 9.78 Å². The van der Waals surface area contributed by atoms with Crippen LogP contribution < -0.4 is 10.6 Å². The highest BCUT2D eigenvalue weighted by atomic mass is 35.5. The predicted molar refractivity (Wildman–Crippen MR) is 77.8 cm³/mol. The summed E-state index contributed by atoms with van der Waals surface area (Å²) in [5.41, 5.74) is 1.78. The van der Waals surface area contributed by atoms with E-state index in [0.717, 1.165) is 12.2 Å². The molecule has 0 spiro atoms. The Morgan fingerprint density at radius 2 is 2.11 bits per heavy atom. The molecule has 0 aliphatic rings. The normalized spacial score (nSPS) is 10.0. The van der Waals surface area contributed by atoms with Gasteiger partial charge in [0.25, 0.3) is 5.91 Å². The molecule has 5 heteroatoms. The van der Waals surface area contributed by atoms with Gasteiger partial charge in [0.1, 0.15) is 5.69 Å². The van der Waals surface area contributed by atoms with Crippen LogP contribution in [-0.2, 0) is 0 Å². The number of halogens is 1. The number of amides is 1. The van der Waals surface area contributed by atoms with Crippen molar-refractivity contribution in [3.05, 3.63) is 53.3 Å². The number of nitrogens with one attached hydrogen (secondary N) is 2. The Morgan fingerprint density at radius 3 is 2.84 bits per heavy atom. The standard InChI is InChI=1S/C14H14ClN3O/c1-2-16-10-7-8-17-13(9-10)14(19)18-12-6-4-3-5-11(12)15/h3-9H,2H2,1H3,(H,16,17)(H,18,19). The van der Waals surface area contributed by atoms with Gasteiger partial charge in [-0.15, -0.1) is 0 Å². The number of anilines is 2. The number of hydrogen-bond acceptors (Lipinski definition) is 3. The summed E-state index contributed by atoms with van der Waals surface area (Å²) in [4.78, 5) is 16.1. The van der Waals surface area contributed by atoms with Crippen LogP contribution in [0.15, 0.2) is 42.6 Å². The zero-order chi connectivity index (χ0) is 13.7. The molecule has 0 saturated carbocycles. The van der Waals surface area contributed by atoms with Crippen molar-refractivity contribution in [2.24, 2.45) is 0 Å². The molecule has 1 amide bonds. The van der Waals surface area contributed by atoms with Crippen LogP contribution in [0.3, 0.4) is 0 Å². The fourth-order valence-corrected chi connectivity index (χ4v) is 1.80. The highest BCUT2D eigenvalue weighted by Crippen LogP contribution is 2.21. The van der Waals surface area contributed by atoms with E-state index in [1.165, 1.54) is 0 Å². The average Bonchev–Trinajstić information content (AvgIpc) is 2.42.